The molecule has 0 spiro atoms. The standard InChI is InChI=1S/C12H10N2O5/c1-2-19-12(16)8-6-13-10-7(11(8)15)4-3-5-9(10)14(17)18/h3-6,8H,2H2,1H3/t8-/m0/s1. The van der Waals surface area contributed by atoms with Crippen LogP contribution in [0.2, 0.25) is 0 Å². The highest BCUT2D eigenvalue weighted by Gasteiger charge is 2.34. The van der Waals surface area contributed by atoms with Crippen LogP contribution in [0.15, 0.2) is 23.2 Å². The maximum absolute atomic E-state index is 12.1. The Balaban J connectivity index is 2.44. The molecular formula is C12H10N2O5. The number of fused-ring (bicyclic) bond motifs is 1. The van der Waals surface area contributed by atoms with Gasteiger partial charge < -0.3 is 4.74 Å². The van der Waals surface area contributed by atoms with Crippen molar-refractivity contribution in [2.75, 3.05) is 6.61 Å². The molecule has 0 amide bonds. The summed E-state index contributed by atoms with van der Waals surface area (Å²) < 4.78 is 4.76. The van der Waals surface area contributed by atoms with Gasteiger partial charge >= 0.3 is 5.97 Å². The number of Topliss-reactive ketones (excluding diaryl/α,β-unsaturated/α-hetero) is 1. The van der Waals surface area contributed by atoms with Crippen LogP contribution in [0, 0.1) is 16.0 Å². The summed E-state index contributed by atoms with van der Waals surface area (Å²) in [5.74, 6) is -2.37. The Morgan fingerprint density at radius 3 is 2.89 bits per heavy atom. The van der Waals surface area contributed by atoms with Gasteiger partial charge in [-0.05, 0) is 13.0 Å². The number of nitro benzene ring substituents is 1. The summed E-state index contributed by atoms with van der Waals surface area (Å²) in [5, 5.41) is 10.8. The average Bonchev–Trinajstić information content (AvgIpc) is 2.38. The van der Waals surface area contributed by atoms with Gasteiger partial charge in [0.05, 0.1) is 17.1 Å². The van der Waals surface area contributed by atoms with E-state index in [2.05, 4.69) is 4.99 Å². The first kappa shape index (κ1) is 12.9. The number of hydrogen-bond acceptors (Lipinski definition) is 6. The Kier molecular flexibility index (Phi) is 3.37. The Bertz CT molecular complexity index is 594. The van der Waals surface area contributed by atoms with Gasteiger partial charge in [-0.2, -0.15) is 0 Å². The van der Waals surface area contributed by atoms with Gasteiger partial charge in [0, 0.05) is 12.3 Å². The smallest absolute Gasteiger partial charge is 0.322 e. The number of esters is 1. The van der Waals surface area contributed by atoms with E-state index >= 15 is 0 Å². The number of aliphatic imine (C=N–C) groups is 1. The van der Waals surface area contributed by atoms with Crippen LogP contribution in [-0.4, -0.2) is 29.5 Å². The number of benzene rings is 1. The first-order valence-electron chi connectivity index (χ1n) is 5.58. The molecule has 0 fully saturated rings. The van der Waals surface area contributed by atoms with E-state index in [4.69, 9.17) is 4.74 Å². The van der Waals surface area contributed by atoms with Gasteiger partial charge in [0.2, 0.25) is 0 Å². The number of carbonyl (C=O) groups excluding carboxylic acids is 2. The van der Waals surface area contributed by atoms with Crippen LogP contribution in [0.4, 0.5) is 11.4 Å². The third-order valence-electron chi connectivity index (χ3n) is 2.65. The molecule has 0 saturated carbocycles. The van der Waals surface area contributed by atoms with Crippen molar-refractivity contribution in [3.8, 4) is 0 Å². The molecule has 0 bridgehead atoms. The van der Waals surface area contributed by atoms with Gasteiger partial charge in [-0.15, -0.1) is 0 Å². The molecule has 0 aromatic heterocycles. The fourth-order valence-corrected chi connectivity index (χ4v) is 1.80. The van der Waals surface area contributed by atoms with E-state index in [-0.39, 0.29) is 23.5 Å². The Labute approximate surface area is 108 Å². The van der Waals surface area contributed by atoms with Crippen LogP contribution in [0.25, 0.3) is 0 Å². The fraction of sp³-hybridized carbons (Fsp3) is 0.250. The van der Waals surface area contributed by atoms with E-state index in [9.17, 15) is 19.7 Å². The summed E-state index contributed by atoms with van der Waals surface area (Å²) in [4.78, 5) is 37.7. The van der Waals surface area contributed by atoms with Crippen molar-refractivity contribution in [2.24, 2.45) is 10.9 Å². The van der Waals surface area contributed by atoms with Crippen molar-refractivity contribution < 1.29 is 19.2 Å². The van der Waals surface area contributed by atoms with Gasteiger partial charge in [0.1, 0.15) is 0 Å². The van der Waals surface area contributed by atoms with E-state index in [1.54, 1.807) is 6.92 Å². The summed E-state index contributed by atoms with van der Waals surface area (Å²) in [6, 6.07) is 4.06. The molecule has 1 aromatic carbocycles. The molecule has 0 radical (unpaired) electrons. The summed E-state index contributed by atoms with van der Waals surface area (Å²) in [7, 11) is 0. The lowest BCUT2D eigenvalue weighted by atomic mass is 9.94. The predicted molar refractivity (Wildman–Crippen MR) is 65.7 cm³/mol. The van der Waals surface area contributed by atoms with Gasteiger partial charge in [-0.3, -0.25) is 24.7 Å². The lowest BCUT2D eigenvalue weighted by Crippen LogP contribution is -2.29. The second kappa shape index (κ2) is 4.97. The zero-order chi connectivity index (χ0) is 14.0. The molecule has 7 heteroatoms. The SMILES string of the molecule is CCOC(=O)[C@H]1C=Nc2c(cccc2[N+](=O)[O-])C1=O. The topological polar surface area (TPSA) is 98.9 Å². The number of rotatable bonds is 3. The lowest BCUT2D eigenvalue weighted by Gasteiger charge is -2.15. The molecule has 0 unspecified atom stereocenters. The fourth-order valence-electron chi connectivity index (χ4n) is 1.80. The molecule has 0 saturated heterocycles. The molecular weight excluding hydrogens is 252 g/mol. The minimum Gasteiger partial charge on any atom is -0.465 e. The highest BCUT2D eigenvalue weighted by atomic mass is 16.6. The van der Waals surface area contributed by atoms with E-state index in [0.29, 0.717) is 0 Å². The highest BCUT2D eigenvalue weighted by molar-refractivity contribution is 6.23. The van der Waals surface area contributed by atoms with Crippen molar-refractivity contribution in [1.29, 1.82) is 0 Å². The molecule has 1 heterocycles. The van der Waals surface area contributed by atoms with E-state index in [1.165, 1.54) is 18.2 Å². The molecule has 2 rings (SSSR count). The van der Waals surface area contributed by atoms with E-state index in [0.717, 1.165) is 6.21 Å². The summed E-state index contributed by atoms with van der Waals surface area (Å²) >= 11 is 0. The molecule has 7 nitrogen and oxygen atoms in total. The quantitative estimate of drug-likeness (QED) is 0.357. The van der Waals surface area contributed by atoms with Crippen LogP contribution >= 0.6 is 0 Å². The first-order chi connectivity index (χ1) is 9.06. The van der Waals surface area contributed by atoms with Crippen molar-refractivity contribution in [3.05, 3.63) is 33.9 Å². The second-order valence-electron chi connectivity index (χ2n) is 3.80. The van der Waals surface area contributed by atoms with Gasteiger partial charge in [0.25, 0.3) is 5.69 Å². The summed E-state index contributed by atoms with van der Waals surface area (Å²) in [6.07, 6.45) is 1.09. The Morgan fingerprint density at radius 1 is 1.53 bits per heavy atom. The number of nitrogens with zero attached hydrogens (tertiary/aromatic N) is 2. The van der Waals surface area contributed by atoms with E-state index in [1.807, 2.05) is 0 Å². The van der Waals surface area contributed by atoms with E-state index < -0.39 is 22.6 Å². The van der Waals surface area contributed by atoms with Crippen molar-refractivity contribution in [1.82, 2.24) is 0 Å². The minimum absolute atomic E-state index is 0.0157. The number of nitro groups is 1. The van der Waals surface area contributed by atoms with Crippen LogP contribution in [0.3, 0.4) is 0 Å². The van der Waals surface area contributed by atoms with Gasteiger partial charge in [-0.25, -0.2) is 0 Å². The van der Waals surface area contributed by atoms with Crippen molar-refractivity contribution in [2.45, 2.75) is 6.92 Å². The number of ether oxygens (including phenoxy) is 1. The van der Waals surface area contributed by atoms with Crippen LogP contribution in [-0.2, 0) is 9.53 Å². The van der Waals surface area contributed by atoms with Crippen LogP contribution in [0.1, 0.15) is 17.3 Å². The monoisotopic (exact) mass is 262 g/mol. The zero-order valence-corrected chi connectivity index (χ0v) is 10.0. The minimum atomic E-state index is -1.13. The van der Waals surface area contributed by atoms with Crippen LogP contribution in [0.5, 0.6) is 0 Å². The number of hydrogen-bond donors (Lipinski definition) is 0. The molecule has 1 aliphatic heterocycles. The van der Waals surface area contributed by atoms with Gasteiger partial charge in [-0.1, -0.05) is 6.07 Å². The predicted octanol–water partition coefficient (Wildman–Crippen LogP) is 1.67. The highest BCUT2D eigenvalue weighted by Crippen LogP contribution is 2.35. The molecule has 0 N–H and O–H groups in total. The molecule has 1 aromatic rings. The Hall–Kier alpha value is -2.57. The second-order valence-corrected chi connectivity index (χ2v) is 3.80. The first-order valence-corrected chi connectivity index (χ1v) is 5.58. The lowest BCUT2D eigenvalue weighted by molar-refractivity contribution is -0.384. The van der Waals surface area contributed by atoms with Gasteiger partial charge in [0.15, 0.2) is 17.4 Å². The third-order valence-corrected chi connectivity index (χ3v) is 2.65. The molecule has 0 aliphatic carbocycles. The average molecular weight is 262 g/mol. The summed E-state index contributed by atoms with van der Waals surface area (Å²) in [6.45, 7) is 1.78. The zero-order valence-electron chi connectivity index (χ0n) is 10.0. The number of para-hydroxylation sites is 1. The third kappa shape index (κ3) is 2.22. The Morgan fingerprint density at radius 2 is 2.26 bits per heavy atom. The molecule has 98 valence electrons. The maximum Gasteiger partial charge on any atom is 0.322 e. The van der Waals surface area contributed by atoms with Crippen molar-refractivity contribution in [3.63, 3.8) is 0 Å². The largest absolute Gasteiger partial charge is 0.465 e. The molecule has 1 aliphatic rings. The normalized spacial score (nSPS) is 16.9. The molecule has 1 atom stereocenters. The van der Waals surface area contributed by atoms with Crippen molar-refractivity contribution >= 4 is 29.3 Å². The maximum atomic E-state index is 12.1. The number of ketones is 1. The summed E-state index contributed by atoms with van der Waals surface area (Å²) in [5.41, 5.74) is -0.211. The number of carbonyl (C=O) groups is 2. The molecule has 19 heavy (non-hydrogen) atoms. The van der Waals surface area contributed by atoms with Crippen LogP contribution < -0.4 is 0 Å².